The first-order valence-electron chi connectivity index (χ1n) is 10.1. The average Bonchev–Trinajstić information content (AvgIpc) is 3.21. The highest BCUT2D eigenvalue weighted by Crippen LogP contribution is 2.32. The molecule has 6 heteroatoms. The molecule has 0 bridgehead atoms. The molecule has 0 aromatic heterocycles. The molecule has 1 aliphatic rings. The minimum Gasteiger partial charge on any atom is -0.497 e. The zero-order valence-electron chi connectivity index (χ0n) is 17.0. The van der Waals surface area contributed by atoms with E-state index < -0.39 is 6.10 Å². The molecule has 6 nitrogen and oxygen atoms in total. The highest BCUT2D eigenvalue weighted by atomic mass is 16.5. The molecule has 0 aliphatic carbocycles. The van der Waals surface area contributed by atoms with Crippen LogP contribution in [0.3, 0.4) is 0 Å². The maximum absolute atomic E-state index is 11.7. The van der Waals surface area contributed by atoms with Gasteiger partial charge in [-0.15, -0.1) is 0 Å². The van der Waals surface area contributed by atoms with Gasteiger partial charge in [-0.3, -0.25) is 4.90 Å². The Morgan fingerprint density at radius 3 is 2.48 bits per heavy atom. The van der Waals surface area contributed by atoms with E-state index in [1.165, 1.54) is 5.56 Å². The van der Waals surface area contributed by atoms with E-state index in [0.29, 0.717) is 30.5 Å². The number of β-amino-alcohol motifs (C(OH)–C–C–N with tert-alkyl or cyclic N) is 1. The Hall–Kier alpha value is -2.57. The van der Waals surface area contributed by atoms with E-state index in [0.717, 1.165) is 25.1 Å². The lowest BCUT2D eigenvalue weighted by molar-refractivity contribution is 0.0525. The lowest BCUT2D eigenvalue weighted by Crippen LogP contribution is -2.35. The topological polar surface area (TPSA) is 68.2 Å². The molecule has 3 rings (SSSR count). The highest BCUT2D eigenvalue weighted by molar-refractivity contribution is 5.89. The lowest BCUT2D eigenvalue weighted by atomic mass is 10.0. The van der Waals surface area contributed by atoms with E-state index in [-0.39, 0.29) is 12.6 Å². The molecule has 1 heterocycles. The second kappa shape index (κ2) is 10.3. The van der Waals surface area contributed by atoms with Crippen molar-refractivity contribution in [2.24, 2.45) is 0 Å². The number of benzene rings is 2. The van der Waals surface area contributed by atoms with Crippen LogP contribution >= 0.6 is 0 Å². The Balaban J connectivity index is 1.50. The van der Waals surface area contributed by atoms with Crippen LogP contribution in [-0.4, -0.2) is 55.5 Å². The summed E-state index contributed by atoms with van der Waals surface area (Å²) in [6.07, 6.45) is 1.59. The van der Waals surface area contributed by atoms with Crippen molar-refractivity contribution in [3.8, 4) is 11.5 Å². The summed E-state index contributed by atoms with van der Waals surface area (Å²) in [7, 11) is 1.66. The van der Waals surface area contributed by atoms with E-state index >= 15 is 0 Å². The van der Waals surface area contributed by atoms with Gasteiger partial charge in [-0.1, -0.05) is 12.1 Å². The van der Waals surface area contributed by atoms with Crippen molar-refractivity contribution in [3.63, 3.8) is 0 Å². The quantitative estimate of drug-likeness (QED) is 0.652. The van der Waals surface area contributed by atoms with E-state index in [1.807, 2.05) is 12.1 Å². The number of carbonyl (C=O) groups is 1. The molecule has 2 aromatic rings. The van der Waals surface area contributed by atoms with Crippen LogP contribution in [0, 0.1) is 0 Å². The molecule has 156 valence electrons. The van der Waals surface area contributed by atoms with Gasteiger partial charge >= 0.3 is 5.97 Å². The molecule has 1 saturated heterocycles. The maximum atomic E-state index is 11.7. The van der Waals surface area contributed by atoms with Gasteiger partial charge in [0.05, 0.1) is 19.3 Å². The second-order valence-electron chi connectivity index (χ2n) is 7.14. The molecular formula is C23H29NO5. The summed E-state index contributed by atoms with van der Waals surface area (Å²) in [4.78, 5) is 14.0. The molecule has 1 fully saturated rings. The molecule has 0 amide bonds. The van der Waals surface area contributed by atoms with Crippen molar-refractivity contribution in [1.82, 2.24) is 4.90 Å². The summed E-state index contributed by atoms with van der Waals surface area (Å²) in [5.74, 6) is 1.11. The van der Waals surface area contributed by atoms with Crippen LogP contribution < -0.4 is 9.47 Å². The summed E-state index contributed by atoms with van der Waals surface area (Å²) in [6, 6.07) is 15.2. The summed E-state index contributed by atoms with van der Waals surface area (Å²) >= 11 is 0. The predicted molar refractivity (Wildman–Crippen MR) is 110 cm³/mol. The van der Waals surface area contributed by atoms with E-state index in [4.69, 9.17) is 14.2 Å². The number of hydrogen-bond acceptors (Lipinski definition) is 6. The summed E-state index contributed by atoms with van der Waals surface area (Å²) < 4.78 is 15.9. The highest BCUT2D eigenvalue weighted by Gasteiger charge is 2.27. The first kappa shape index (κ1) is 21.1. The molecule has 1 aliphatic heterocycles. The number of nitrogens with zero attached hydrogens (tertiary/aromatic N) is 1. The number of methoxy groups -OCH3 is 1. The molecular weight excluding hydrogens is 370 g/mol. The zero-order valence-corrected chi connectivity index (χ0v) is 17.0. The molecule has 1 N–H and O–H groups in total. The van der Waals surface area contributed by atoms with E-state index in [9.17, 15) is 9.90 Å². The number of carbonyl (C=O) groups excluding carboxylic acids is 1. The average molecular weight is 399 g/mol. The third kappa shape index (κ3) is 5.71. The molecule has 0 saturated carbocycles. The van der Waals surface area contributed by atoms with Crippen LogP contribution in [-0.2, 0) is 4.74 Å². The summed E-state index contributed by atoms with van der Waals surface area (Å²) in [6.45, 7) is 3.83. The number of hydrogen-bond donors (Lipinski definition) is 1. The molecule has 0 radical (unpaired) electrons. The number of ether oxygens (including phenoxy) is 3. The fourth-order valence-corrected chi connectivity index (χ4v) is 3.67. The maximum Gasteiger partial charge on any atom is 0.338 e. The van der Waals surface area contributed by atoms with Gasteiger partial charge in [-0.05, 0) is 68.3 Å². The van der Waals surface area contributed by atoms with Gasteiger partial charge in [0.1, 0.15) is 24.2 Å². The van der Waals surface area contributed by atoms with Gasteiger partial charge in [0, 0.05) is 12.6 Å². The van der Waals surface area contributed by atoms with Gasteiger partial charge < -0.3 is 19.3 Å². The van der Waals surface area contributed by atoms with Crippen molar-refractivity contribution in [2.45, 2.75) is 31.9 Å². The Morgan fingerprint density at radius 1 is 1.14 bits per heavy atom. The molecule has 2 atom stereocenters. The first-order chi connectivity index (χ1) is 14.1. The minimum atomic E-state index is -0.599. The Morgan fingerprint density at radius 2 is 1.83 bits per heavy atom. The van der Waals surface area contributed by atoms with Gasteiger partial charge in [0.15, 0.2) is 0 Å². The normalized spacial score (nSPS) is 17.7. The summed E-state index contributed by atoms with van der Waals surface area (Å²) in [5, 5.41) is 10.5. The van der Waals surface area contributed by atoms with Gasteiger partial charge in [-0.25, -0.2) is 4.79 Å². The molecule has 0 unspecified atom stereocenters. The van der Waals surface area contributed by atoms with Crippen molar-refractivity contribution in [1.29, 1.82) is 0 Å². The van der Waals surface area contributed by atoms with Crippen molar-refractivity contribution < 1.29 is 24.1 Å². The second-order valence-corrected chi connectivity index (χ2v) is 7.14. The van der Waals surface area contributed by atoms with E-state index in [2.05, 4.69) is 17.0 Å². The van der Waals surface area contributed by atoms with Crippen molar-refractivity contribution in [2.75, 3.05) is 33.4 Å². The molecule has 29 heavy (non-hydrogen) atoms. The van der Waals surface area contributed by atoms with Crippen molar-refractivity contribution in [3.05, 3.63) is 59.7 Å². The molecule has 0 spiro atoms. The Kier molecular flexibility index (Phi) is 7.49. The third-order valence-corrected chi connectivity index (χ3v) is 5.12. The van der Waals surface area contributed by atoms with Crippen LogP contribution in [0.25, 0.3) is 0 Å². The van der Waals surface area contributed by atoms with Crippen LogP contribution in [0.1, 0.15) is 41.7 Å². The standard InChI is InChI=1S/C23H29NO5/c1-3-28-23(26)18-8-12-21(13-9-18)29-16-19(25)15-24-14-4-5-22(24)17-6-10-20(27-2)11-7-17/h6-13,19,22,25H,3-5,14-16H2,1-2H3/t19-,22+/m0/s1. The van der Waals surface area contributed by atoms with Crippen LogP contribution in [0.4, 0.5) is 0 Å². The smallest absolute Gasteiger partial charge is 0.338 e. The fourth-order valence-electron chi connectivity index (χ4n) is 3.67. The Bertz CT molecular complexity index is 775. The monoisotopic (exact) mass is 399 g/mol. The lowest BCUT2D eigenvalue weighted by Gasteiger charge is -2.27. The first-order valence-corrected chi connectivity index (χ1v) is 10.1. The van der Waals surface area contributed by atoms with Gasteiger partial charge in [-0.2, -0.15) is 0 Å². The largest absolute Gasteiger partial charge is 0.497 e. The van der Waals surface area contributed by atoms with Crippen LogP contribution in [0.15, 0.2) is 48.5 Å². The zero-order chi connectivity index (χ0) is 20.6. The number of esters is 1. The van der Waals surface area contributed by atoms with Crippen LogP contribution in [0.5, 0.6) is 11.5 Å². The number of aliphatic hydroxyl groups excluding tert-OH is 1. The Labute approximate surface area is 172 Å². The van der Waals surface area contributed by atoms with Crippen LogP contribution in [0.2, 0.25) is 0 Å². The van der Waals surface area contributed by atoms with E-state index in [1.54, 1.807) is 38.3 Å². The number of likely N-dealkylation sites (tertiary alicyclic amines) is 1. The number of rotatable bonds is 9. The van der Waals surface area contributed by atoms with Crippen molar-refractivity contribution >= 4 is 5.97 Å². The number of aliphatic hydroxyl groups is 1. The molecule has 2 aromatic carbocycles. The van der Waals surface area contributed by atoms with Gasteiger partial charge in [0.25, 0.3) is 0 Å². The van der Waals surface area contributed by atoms with Gasteiger partial charge in [0.2, 0.25) is 0 Å². The minimum absolute atomic E-state index is 0.199. The summed E-state index contributed by atoms with van der Waals surface area (Å²) in [5.41, 5.74) is 1.73. The fraction of sp³-hybridized carbons (Fsp3) is 0.435. The SMILES string of the molecule is CCOC(=O)c1ccc(OC[C@@H](O)CN2CCC[C@@H]2c2ccc(OC)cc2)cc1. The predicted octanol–water partition coefficient (Wildman–Crippen LogP) is 3.45. The third-order valence-electron chi connectivity index (χ3n) is 5.12.